The molecule has 0 unspecified atom stereocenters. The molecular formula is C22H25N3O4S. The molecule has 0 aliphatic carbocycles. The summed E-state index contributed by atoms with van der Waals surface area (Å²) in [5, 5.41) is 3.94. The van der Waals surface area contributed by atoms with E-state index in [9.17, 15) is 18.0 Å². The Morgan fingerprint density at radius 2 is 1.50 bits per heavy atom. The van der Waals surface area contributed by atoms with Gasteiger partial charge in [-0.15, -0.1) is 0 Å². The first-order chi connectivity index (χ1) is 14.5. The van der Waals surface area contributed by atoms with Crippen LogP contribution in [-0.2, 0) is 14.8 Å². The van der Waals surface area contributed by atoms with Crippen molar-refractivity contribution < 1.29 is 18.0 Å². The molecule has 0 atom stereocenters. The molecule has 2 aromatic rings. The molecule has 30 heavy (non-hydrogen) atoms. The standard InChI is InChI=1S/C22H25N3O4S/c26-21(11-13-23-22(27)20-9-5-2-6-10-20)24-14-16-25(17-15-24)30(28,29)18-12-19-7-3-1-4-8-19/h1-10,12,18H,11,13-17H2,(H,23,27). The molecule has 1 fully saturated rings. The average molecular weight is 428 g/mol. The number of nitrogens with one attached hydrogen (secondary N) is 1. The highest BCUT2D eigenvalue weighted by Crippen LogP contribution is 2.12. The molecular weight excluding hydrogens is 402 g/mol. The van der Waals surface area contributed by atoms with Crippen LogP contribution in [0.2, 0.25) is 0 Å². The molecule has 0 bridgehead atoms. The van der Waals surface area contributed by atoms with E-state index >= 15 is 0 Å². The van der Waals surface area contributed by atoms with Crippen molar-refractivity contribution in [3.05, 3.63) is 77.2 Å². The Morgan fingerprint density at radius 3 is 2.13 bits per heavy atom. The van der Waals surface area contributed by atoms with Gasteiger partial charge in [-0.1, -0.05) is 48.5 Å². The van der Waals surface area contributed by atoms with Gasteiger partial charge in [0, 0.05) is 50.1 Å². The summed E-state index contributed by atoms with van der Waals surface area (Å²) in [5.74, 6) is -0.315. The van der Waals surface area contributed by atoms with Crippen molar-refractivity contribution in [2.24, 2.45) is 0 Å². The minimum absolute atomic E-state index is 0.0970. The summed E-state index contributed by atoms with van der Waals surface area (Å²) in [4.78, 5) is 26.0. The molecule has 8 heteroatoms. The lowest BCUT2D eigenvalue weighted by Crippen LogP contribution is -2.50. The van der Waals surface area contributed by atoms with Crippen molar-refractivity contribution >= 4 is 27.9 Å². The Hall–Kier alpha value is -2.97. The third-order valence-corrected chi connectivity index (χ3v) is 6.41. The predicted molar refractivity (Wildman–Crippen MR) is 116 cm³/mol. The molecule has 0 spiro atoms. The van der Waals surface area contributed by atoms with Gasteiger partial charge in [0.15, 0.2) is 0 Å². The lowest BCUT2D eigenvalue weighted by atomic mass is 10.2. The number of carbonyl (C=O) groups excluding carboxylic acids is 2. The highest BCUT2D eigenvalue weighted by atomic mass is 32.2. The first-order valence-corrected chi connectivity index (χ1v) is 11.3. The fraction of sp³-hybridized carbons (Fsp3) is 0.273. The minimum Gasteiger partial charge on any atom is -0.352 e. The first kappa shape index (κ1) is 21.7. The smallest absolute Gasteiger partial charge is 0.251 e. The normalized spacial score (nSPS) is 15.3. The van der Waals surface area contributed by atoms with Gasteiger partial charge in [-0.05, 0) is 23.8 Å². The monoisotopic (exact) mass is 427 g/mol. The first-order valence-electron chi connectivity index (χ1n) is 9.80. The zero-order valence-electron chi connectivity index (χ0n) is 16.6. The molecule has 1 N–H and O–H groups in total. The van der Waals surface area contributed by atoms with Crippen molar-refractivity contribution in [1.29, 1.82) is 0 Å². The van der Waals surface area contributed by atoms with E-state index in [2.05, 4.69) is 5.32 Å². The van der Waals surface area contributed by atoms with Crippen molar-refractivity contribution in [1.82, 2.24) is 14.5 Å². The van der Waals surface area contributed by atoms with Gasteiger partial charge >= 0.3 is 0 Å². The van der Waals surface area contributed by atoms with Gasteiger partial charge in [0.2, 0.25) is 15.9 Å². The Morgan fingerprint density at radius 1 is 0.900 bits per heavy atom. The van der Waals surface area contributed by atoms with Crippen molar-refractivity contribution in [3.63, 3.8) is 0 Å². The molecule has 158 valence electrons. The molecule has 2 amide bonds. The summed E-state index contributed by atoms with van der Waals surface area (Å²) < 4.78 is 26.4. The van der Waals surface area contributed by atoms with E-state index in [-0.39, 0.29) is 37.9 Å². The van der Waals surface area contributed by atoms with Gasteiger partial charge in [-0.25, -0.2) is 8.42 Å². The van der Waals surface area contributed by atoms with Crippen LogP contribution in [0.5, 0.6) is 0 Å². The topological polar surface area (TPSA) is 86.8 Å². The molecule has 1 saturated heterocycles. The van der Waals surface area contributed by atoms with Gasteiger partial charge in [0.05, 0.1) is 0 Å². The SMILES string of the molecule is O=C(NCCC(=O)N1CCN(S(=O)(=O)C=Cc2ccccc2)CC1)c1ccccc1. The van der Waals surface area contributed by atoms with Gasteiger partial charge in [-0.2, -0.15) is 4.31 Å². The lowest BCUT2D eigenvalue weighted by Gasteiger charge is -2.33. The van der Waals surface area contributed by atoms with Gasteiger partial charge in [0.1, 0.15) is 0 Å². The fourth-order valence-electron chi connectivity index (χ4n) is 3.14. The van der Waals surface area contributed by atoms with Crippen LogP contribution in [0.4, 0.5) is 0 Å². The molecule has 0 radical (unpaired) electrons. The molecule has 0 aromatic heterocycles. The number of nitrogens with zero attached hydrogens (tertiary/aromatic N) is 2. The average Bonchev–Trinajstić information content (AvgIpc) is 2.79. The highest BCUT2D eigenvalue weighted by molar-refractivity contribution is 7.92. The fourth-order valence-corrected chi connectivity index (χ4v) is 4.31. The molecule has 2 aromatic carbocycles. The number of hydrogen-bond donors (Lipinski definition) is 1. The third-order valence-electron chi connectivity index (χ3n) is 4.84. The number of piperazine rings is 1. The Bertz CT molecular complexity index is 984. The van der Waals surface area contributed by atoms with Crippen LogP contribution in [0.15, 0.2) is 66.1 Å². The Kier molecular flexibility index (Phi) is 7.37. The van der Waals surface area contributed by atoms with Crippen LogP contribution >= 0.6 is 0 Å². The quantitative estimate of drug-likeness (QED) is 0.732. The zero-order valence-corrected chi connectivity index (χ0v) is 17.4. The van der Waals surface area contributed by atoms with E-state index in [1.807, 2.05) is 36.4 Å². The summed E-state index contributed by atoms with van der Waals surface area (Å²) in [5.41, 5.74) is 1.36. The summed E-state index contributed by atoms with van der Waals surface area (Å²) in [7, 11) is -3.53. The van der Waals surface area contributed by atoms with Crippen molar-refractivity contribution in [3.8, 4) is 0 Å². The lowest BCUT2D eigenvalue weighted by molar-refractivity contribution is -0.132. The summed E-state index contributed by atoms with van der Waals surface area (Å²) in [6.07, 6.45) is 1.75. The maximum absolute atomic E-state index is 12.5. The van der Waals surface area contributed by atoms with E-state index in [1.54, 1.807) is 35.2 Å². The molecule has 0 saturated carbocycles. The molecule has 1 heterocycles. The minimum atomic E-state index is -3.53. The number of amides is 2. The van der Waals surface area contributed by atoms with Crippen molar-refractivity contribution in [2.75, 3.05) is 32.7 Å². The molecule has 7 nitrogen and oxygen atoms in total. The van der Waals surface area contributed by atoms with Crippen LogP contribution in [-0.4, -0.2) is 62.2 Å². The van der Waals surface area contributed by atoms with Crippen LogP contribution < -0.4 is 5.32 Å². The summed E-state index contributed by atoms with van der Waals surface area (Å²) >= 11 is 0. The van der Waals surface area contributed by atoms with Crippen molar-refractivity contribution in [2.45, 2.75) is 6.42 Å². The van der Waals surface area contributed by atoms with E-state index in [0.29, 0.717) is 18.7 Å². The molecule has 1 aliphatic heterocycles. The second-order valence-corrected chi connectivity index (χ2v) is 8.73. The largest absolute Gasteiger partial charge is 0.352 e. The van der Waals surface area contributed by atoms with Gasteiger partial charge < -0.3 is 10.2 Å². The number of hydrogen-bond acceptors (Lipinski definition) is 4. The second kappa shape index (κ2) is 10.2. The zero-order chi connectivity index (χ0) is 21.4. The molecule has 1 aliphatic rings. The second-order valence-electron chi connectivity index (χ2n) is 6.91. The number of rotatable bonds is 7. The maximum Gasteiger partial charge on any atom is 0.251 e. The van der Waals surface area contributed by atoms with E-state index < -0.39 is 10.0 Å². The van der Waals surface area contributed by atoms with Crippen LogP contribution in [0.25, 0.3) is 6.08 Å². The van der Waals surface area contributed by atoms with Crippen LogP contribution in [0.3, 0.4) is 0 Å². The highest BCUT2D eigenvalue weighted by Gasteiger charge is 2.27. The Balaban J connectivity index is 1.43. The van der Waals surface area contributed by atoms with E-state index in [0.717, 1.165) is 5.56 Å². The third kappa shape index (κ3) is 6.01. The Labute approximate surface area is 177 Å². The van der Waals surface area contributed by atoms with E-state index in [4.69, 9.17) is 0 Å². The number of sulfonamides is 1. The predicted octanol–water partition coefficient (Wildman–Crippen LogP) is 1.95. The van der Waals surface area contributed by atoms with Crippen LogP contribution in [0, 0.1) is 0 Å². The van der Waals surface area contributed by atoms with Gasteiger partial charge in [-0.3, -0.25) is 9.59 Å². The summed E-state index contributed by atoms with van der Waals surface area (Å²) in [6, 6.07) is 18.0. The van der Waals surface area contributed by atoms with E-state index in [1.165, 1.54) is 9.71 Å². The van der Waals surface area contributed by atoms with Gasteiger partial charge in [0.25, 0.3) is 5.91 Å². The number of benzene rings is 2. The maximum atomic E-state index is 12.5. The molecule has 3 rings (SSSR count). The number of carbonyl (C=O) groups is 2. The van der Waals surface area contributed by atoms with Crippen LogP contribution in [0.1, 0.15) is 22.3 Å². The summed E-state index contributed by atoms with van der Waals surface area (Å²) in [6.45, 7) is 1.42.